The van der Waals surface area contributed by atoms with Gasteiger partial charge in [0.1, 0.15) is 11.5 Å². The molecule has 0 fully saturated rings. The number of fused-ring (bicyclic) bond motifs is 1. The zero-order chi connectivity index (χ0) is 18.2. The largest absolute Gasteiger partial charge is 0.375 e. The summed E-state index contributed by atoms with van der Waals surface area (Å²) in [5.41, 5.74) is 6.21. The van der Waals surface area contributed by atoms with Gasteiger partial charge in [-0.05, 0) is 18.1 Å². The normalized spacial score (nSPS) is 13.3. The Morgan fingerprint density at radius 2 is 2.04 bits per heavy atom. The standard InChI is InChI=1S/C16H17F2N5OS/c1-8(2)12(13-20-9-5-3-4-6-10(9)21-13)23-14(24)16(17,18)11-7-25-15(19)22-11/h3-8,12H,1-2H3,(H2,19,22)(H,20,21)(H,23,24). The van der Waals surface area contributed by atoms with Crippen molar-refractivity contribution in [1.29, 1.82) is 0 Å². The van der Waals surface area contributed by atoms with Crippen molar-refractivity contribution in [3.8, 4) is 0 Å². The third-order valence-corrected chi connectivity index (χ3v) is 4.46. The first-order chi connectivity index (χ1) is 11.8. The number of nitrogens with zero attached hydrogens (tertiary/aromatic N) is 2. The van der Waals surface area contributed by atoms with Gasteiger partial charge in [-0.1, -0.05) is 26.0 Å². The van der Waals surface area contributed by atoms with Crippen LogP contribution in [0.4, 0.5) is 13.9 Å². The van der Waals surface area contributed by atoms with Gasteiger partial charge in [0, 0.05) is 5.38 Å². The van der Waals surface area contributed by atoms with E-state index in [9.17, 15) is 13.6 Å². The number of benzene rings is 1. The van der Waals surface area contributed by atoms with Crippen LogP contribution in [0.15, 0.2) is 29.6 Å². The van der Waals surface area contributed by atoms with E-state index in [1.165, 1.54) is 0 Å². The molecule has 6 nitrogen and oxygen atoms in total. The lowest BCUT2D eigenvalue weighted by atomic mass is 10.0. The predicted octanol–water partition coefficient (Wildman–Crippen LogP) is 3.21. The summed E-state index contributed by atoms with van der Waals surface area (Å²) in [6, 6.07) is 6.62. The van der Waals surface area contributed by atoms with E-state index in [1.54, 1.807) is 6.07 Å². The highest BCUT2D eigenvalue weighted by Crippen LogP contribution is 2.32. The van der Waals surface area contributed by atoms with E-state index in [1.807, 2.05) is 32.0 Å². The molecule has 0 bridgehead atoms. The maximum absolute atomic E-state index is 14.4. The molecule has 0 saturated carbocycles. The van der Waals surface area contributed by atoms with E-state index in [2.05, 4.69) is 20.3 Å². The number of hydrogen-bond donors (Lipinski definition) is 3. The predicted molar refractivity (Wildman–Crippen MR) is 92.2 cm³/mol. The number of alkyl halides is 2. The van der Waals surface area contributed by atoms with Gasteiger partial charge in [-0.25, -0.2) is 9.97 Å². The molecule has 9 heteroatoms. The molecule has 4 N–H and O–H groups in total. The molecule has 2 heterocycles. The monoisotopic (exact) mass is 365 g/mol. The number of nitrogen functional groups attached to an aromatic ring is 1. The van der Waals surface area contributed by atoms with Gasteiger partial charge >= 0.3 is 5.92 Å². The van der Waals surface area contributed by atoms with E-state index >= 15 is 0 Å². The average Bonchev–Trinajstić information content (AvgIpc) is 3.17. The van der Waals surface area contributed by atoms with Crippen LogP contribution in [0.2, 0.25) is 0 Å². The molecule has 0 aliphatic rings. The molecular weight excluding hydrogens is 348 g/mol. The van der Waals surface area contributed by atoms with Crippen LogP contribution in [-0.4, -0.2) is 20.9 Å². The minimum atomic E-state index is -3.77. The number of aromatic amines is 1. The van der Waals surface area contributed by atoms with Crippen LogP contribution in [0, 0.1) is 5.92 Å². The van der Waals surface area contributed by atoms with Crippen LogP contribution in [0.1, 0.15) is 31.4 Å². The first-order valence-electron chi connectivity index (χ1n) is 7.64. The Balaban J connectivity index is 1.87. The van der Waals surface area contributed by atoms with Gasteiger partial charge in [-0.2, -0.15) is 8.78 Å². The number of imidazole rings is 1. The van der Waals surface area contributed by atoms with Gasteiger partial charge in [-0.15, -0.1) is 11.3 Å². The van der Waals surface area contributed by atoms with E-state index in [0.717, 1.165) is 22.2 Å². The lowest BCUT2D eigenvalue weighted by Crippen LogP contribution is -2.42. The molecule has 3 rings (SSSR count). The van der Waals surface area contributed by atoms with Gasteiger partial charge < -0.3 is 16.0 Å². The van der Waals surface area contributed by atoms with Gasteiger partial charge in [0.2, 0.25) is 0 Å². The molecule has 3 aromatic rings. The van der Waals surface area contributed by atoms with Gasteiger partial charge in [0.15, 0.2) is 5.13 Å². The molecule has 2 aromatic heterocycles. The SMILES string of the molecule is CC(C)C(NC(=O)C(F)(F)c1csc(N)n1)c1nc2ccccc2[nH]1. The first-order valence-corrected chi connectivity index (χ1v) is 8.52. The number of hydrogen-bond acceptors (Lipinski definition) is 5. The van der Waals surface area contributed by atoms with Crippen molar-refractivity contribution in [2.75, 3.05) is 5.73 Å². The van der Waals surface area contributed by atoms with Crippen molar-refractivity contribution in [3.63, 3.8) is 0 Å². The van der Waals surface area contributed by atoms with Crippen molar-refractivity contribution >= 4 is 33.4 Å². The maximum Gasteiger partial charge on any atom is 0.366 e. The number of para-hydroxylation sites is 2. The van der Waals surface area contributed by atoms with Crippen molar-refractivity contribution in [3.05, 3.63) is 41.2 Å². The molecule has 1 unspecified atom stereocenters. The number of aromatic nitrogens is 3. The molecule has 1 amide bonds. The smallest absolute Gasteiger partial charge is 0.366 e. The van der Waals surface area contributed by atoms with Crippen LogP contribution < -0.4 is 11.1 Å². The molecule has 0 aliphatic carbocycles. The lowest BCUT2D eigenvalue weighted by Gasteiger charge is -2.23. The van der Waals surface area contributed by atoms with E-state index in [0.29, 0.717) is 11.3 Å². The topological polar surface area (TPSA) is 96.7 Å². The average molecular weight is 365 g/mol. The number of carbonyl (C=O) groups is 1. The molecule has 0 aliphatic heterocycles. The Bertz CT molecular complexity index is 872. The summed E-state index contributed by atoms with van der Waals surface area (Å²) in [6.07, 6.45) is 0. The molecule has 1 aromatic carbocycles. The second kappa shape index (κ2) is 6.40. The number of nitrogens with one attached hydrogen (secondary N) is 2. The fourth-order valence-corrected chi connectivity index (χ4v) is 3.03. The van der Waals surface area contributed by atoms with Crippen LogP contribution in [0.3, 0.4) is 0 Å². The maximum atomic E-state index is 14.4. The highest BCUT2D eigenvalue weighted by molar-refractivity contribution is 7.13. The molecule has 25 heavy (non-hydrogen) atoms. The zero-order valence-electron chi connectivity index (χ0n) is 13.6. The quantitative estimate of drug-likeness (QED) is 0.647. The van der Waals surface area contributed by atoms with Crippen molar-refractivity contribution < 1.29 is 13.6 Å². The van der Waals surface area contributed by atoms with Crippen LogP contribution >= 0.6 is 11.3 Å². The van der Waals surface area contributed by atoms with Crippen molar-refractivity contribution in [2.24, 2.45) is 5.92 Å². The summed E-state index contributed by atoms with van der Waals surface area (Å²) in [5.74, 6) is -4.93. The second-order valence-electron chi connectivity index (χ2n) is 5.98. The molecule has 0 saturated heterocycles. The summed E-state index contributed by atoms with van der Waals surface area (Å²) in [6.45, 7) is 3.63. The van der Waals surface area contributed by atoms with E-state index in [4.69, 9.17) is 5.73 Å². The number of amides is 1. The Hall–Kier alpha value is -2.55. The van der Waals surface area contributed by atoms with Crippen molar-refractivity contribution in [2.45, 2.75) is 25.8 Å². The number of halogens is 2. The van der Waals surface area contributed by atoms with Gasteiger partial charge in [-0.3, -0.25) is 4.79 Å². The van der Waals surface area contributed by atoms with Crippen LogP contribution in [-0.2, 0) is 10.7 Å². The zero-order valence-corrected chi connectivity index (χ0v) is 14.4. The van der Waals surface area contributed by atoms with Crippen LogP contribution in [0.25, 0.3) is 11.0 Å². The molecule has 1 atom stereocenters. The number of H-pyrrole nitrogens is 1. The van der Waals surface area contributed by atoms with E-state index < -0.39 is 23.6 Å². The highest BCUT2D eigenvalue weighted by Gasteiger charge is 2.44. The third-order valence-electron chi connectivity index (χ3n) is 3.78. The number of nitrogens with two attached hydrogens (primary N) is 1. The van der Waals surface area contributed by atoms with Gasteiger partial charge in [0.05, 0.1) is 17.1 Å². The summed E-state index contributed by atoms with van der Waals surface area (Å²) >= 11 is 0.861. The minimum Gasteiger partial charge on any atom is -0.375 e. The number of carbonyl (C=O) groups excluding carboxylic acids is 1. The molecule has 132 valence electrons. The fraction of sp³-hybridized carbons (Fsp3) is 0.312. The number of anilines is 1. The fourth-order valence-electron chi connectivity index (χ4n) is 2.45. The molecule has 0 radical (unpaired) electrons. The summed E-state index contributed by atoms with van der Waals surface area (Å²) in [4.78, 5) is 23.2. The number of thiazole rings is 1. The summed E-state index contributed by atoms with van der Waals surface area (Å²) in [5, 5.41) is 3.45. The lowest BCUT2D eigenvalue weighted by molar-refractivity contribution is -0.148. The Labute approximate surface area is 146 Å². The third kappa shape index (κ3) is 3.32. The molecule has 0 spiro atoms. The van der Waals surface area contributed by atoms with Gasteiger partial charge in [0.25, 0.3) is 5.91 Å². The Kier molecular flexibility index (Phi) is 4.42. The van der Waals surface area contributed by atoms with Crippen LogP contribution in [0.5, 0.6) is 0 Å². The Morgan fingerprint density at radius 1 is 1.32 bits per heavy atom. The first kappa shape index (κ1) is 17.3. The number of rotatable bonds is 5. The highest BCUT2D eigenvalue weighted by atomic mass is 32.1. The molecular formula is C16H17F2N5OS. The summed E-state index contributed by atoms with van der Waals surface area (Å²) in [7, 11) is 0. The summed E-state index contributed by atoms with van der Waals surface area (Å²) < 4.78 is 28.7. The van der Waals surface area contributed by atoms with E-state index in [-0.39, 0.29) is 11.0 Å². The Morgan fingerprint density at radius 3 is 2.64 bits per heavy atom. The second-order valence-corrected chi connectivity index (χ2v) is 6.87. The van der Waals surface area contributed by atoms with Crippen molar-refractivity contribution in [1.82, 2.24) is 20.3 Å². The minimum absolute atomic E-state index is 0.0137.